The molecule has 0 aliphatic carbocycles. The van der Waals surface area contributed by atoms with Gasteiger partial charge in [-0.2, -0.15) is 0 Å². The average Bonchev–Trinajstić information content (AvgIpc) is 3.26. The number of aromatic nitrogens is 3. The Labute approximate surface area is 211 Å². The zero-order chi connectivity index (χ0) is 23.9. The Morgan fingerprint density at radius 3 is 2.47 bits per heavy atom. The number of hydrogen-bond acceptors (Lipinski definition) is 6. The third-order valence-electron chi connectivity index (χ3n) is 4.66. The van der Waals surface area contributed by atoms with Crippen LogP contribution in [0.1, 0.15) is 5.82 Å². The van der Waals surface area contributed by atoms with E-state index in [1.807, 2.05) is 34.9 Å². The number of thioether (sulfide) groups is 1. The van der Waals surface area contributed by atoms with Gasteiger partial charge in [0, 0.05) is 15.7 Å². The quantitative estimate of drug-likeness (QED) is 0.280. The van der Waals surface area contributed by atoms with Crippen LogP contribution in [0, 0.1) is 0 Å². The molecule has 174 valence electrons. The minimum atomic E-state index is -0.229. The summed E-state index contributed by atoms with van der Waals surface area (Å²) in [5, 5.41) is 13.1. The largest absolute Gasteiger partial charge is 0.495 e. The van der Waals surface area contributed by atoms with Crippen LogP contribution in [0.4, 0.5) is 5.69 Å². The topological polar surface area (TPSA) is 78.3 Å². The molecule has 0 saturated carbocycles. The summed E-state index contributed by atoms with van der Waals surface area (Å²) >= 11 is 13.3. The second kappa shape index (κ2) is 11.3. The number of nitrogens with zero attached hydrogens (tertiary/aromatic N) is 3. The van der Waals surface area contributed by atoms with Gasteiger partial charge in [0.1, 0.15) is 18.1 Å². The Kier molecular flexibility index (Phi) is 7.95. The van der Waals surface area contributed by atoms with Gasteiger partial charge >= 0.3 is 0 Å². The molecule has 1 amide bonds. The Bertz CT molecular complexity index is 1270. The number of ether oxygens (including phenoxy) is 2. The first-order chi connectivity index (χ1) is 16.5. The van der Waals surface area contributed by atoms with Gasteiger partial charge in [-0.15, -0.1) is 10.2 Å². The fourth-order valence-electron chi connectivity index (χ4n) is 3.10. The molecule has 0 saturated heterocycles. The summed E-state index contributed by atoms with van der Waals surface area (Å²) in [4.78, 5) is 12.6. The fourth-order valence-corrected chi connectivity index (χ4v) is 4.17. The summed E-state index contributed by atoms with van der Waals surface area (Å²) in [5.41, 5.74) is 1.36. The van der Waals surface area contributed by atoms with Gasteiger partial charge < -0.3 is 14.8 Å². The van der Waals surface area contributed by atoms with Gasteiger partial charge in [0.2, 0.25) is 5.91 Å². The maximum Gasteiger partial charge on any atom is 0.234 e. The normalized spacial score (nSPS) is 10.7. The number of benzene rings is 3. The molecule has 10 heteroatoms. The minimum Gasteiger partial charge on any atom is -0.495 e. The van der Waals surface area contributed by atoms with Gasteiger partial charge in [0.15, 0.2) is 11.0 Å². The van der Waals surface area contributed by atoms with Crippen molar-refractivity contribution in [3.8, 4) is 17.2 Å². The van der Waals surface area contributed by atoms with Crippen molar-refractivity contribution in [2.75, 3.05) is 18.2 Å². The molecule has 0 fully saturated rings. The van der Waals surface area contributed by atoms with Crippen LogP contribution in [0.2, 0.25) is 10.0 Å². The summed E-state index contributed by atoms with van der Waals surface area (Å²) in [7, 11) is 1.53. The molecule has 1 heterocycles. The first-order valence-corrected chi connectivity index (χ1v) is 11.9. The van der Waals surface area contributed by atoms with Crippen molar-refractivity contribution in [2.45, 2.75) is 11.8 Å². The van der Waals surface area contributed by atoms with Crippen molar-refractivity contribution in [1.82, 2.24) is 14.8 Å². The number of carbonyl (C=O) groups is 1. The number of nitrogens with one attached hydrogen (secondary N) is 1. The third-order valence-corrected chi connectivity index (χ3v) is 6.08. The lowest BCUT2D eigenvalue weighted by Gasteiger charge is -2.12. The average molecular weight is 515 g/mol. The Morgan fingerprint density at radius 1 is 1.00 bits per heavy atom. The zero-order valence-electron chi connectivity index (χ0n) is 18.1. The van der Waals surface area contributed by atoms with Crippen LogP contribution in [-0.2, 0) is 11.4 Å². The number of methoxy groups -OCH3 is 1. The molecular formula is C24H20Cl2N4O3S. The van der Waals surface area contributed by atoms with Crippen molar-refractivity contribution in [3.63, 3.8) is 0 Å². The first kappa shape index (κ1) is 23.9. The number of rotatable bonds is 9. The van der Waals surface area contributed by atoms with Gasteiger partial charge in [-0.1, -0.05) is 53.2 Å². The number of amides is 1. The summed E-state index contributed by atoms with van der Waals surface area (Å²) < 4.78 is 13.0. The molecule has 0 unspecified atom stereocenters. The number of halogens is 2. The number of para-hydroxylation sites is 1. The smallest absolute Gasteiger partial charge is 0.234 e. The number of anilines is 1. The van der Waals surface area contributed by atoms with E-state index < -0.39 is 0 Å². The Hall–Kier alpha value is -3.20. The van der Waals surface area contributed by atoms with Crippen LogP contribution in [-0.4, -0.2) is 33.5 Å². The Balaban J connectivity index is 1.49. The van der Waals surface area contributed by atoms with Crippen LogP contribution < -0.4 is 14.8 Å². The number of carbonyl (C=O) groups excluding carboxylic acids is 1. The van der Waals surface area contributed by atoms with Gasteiger partial charge in [0.25, 0.3) is 0 Å². The van der Waals surface area contributed by atoms with E-state index in [4.69, 9.17) is 32.7 Å². The third kappa shape index (κ3) is 6.02. The molecule has 1 N–H and O–H groups in total. The highest BCUT2D eigenvalue weighted by molar-refractivity contribution is 7.99. The Morgan fingerprint density at radius 2 is 1.74 bits per heavy atom. The van der Waals surface area contributed by atoms with E-state index in [0.29, 0.717) is 38.2 Å². The molecule has 3 aromatic carbocycles. The van der Waals surface area contributed by atoms with Gasteiger partial charge in [-0.3, -0.25) is 9.36 Å². The fraction of sp³-hybridized carbons (Fsp3) is 0.125. The maximum absolute atomic E-state index is 12.6. The molecule has 0 radical (unpaired) electrons. The predicted octanol–water partition coefficient (Wildman–Crippen LogP) is 5.89. The van der Waals surface area contributed by atoms with Crippen molar-refractivity contribution in [1.29, 1.82) is 0 Å². The van der Waals surface area contributed by atoms with E-state index in [1.165, 1.54) is 18.9 Å². The van der Waals surface area contributed by atoms with Crippen molar-refractivity contribution in [3.05, 3.63) is 88.7 Å². The van der Waals surface area contributed by atoms with E-state index in [1.54, 1.807) is 42.5 Å². The molecule has 7 nitrogen and oxygen atoms in total. The van der Waals surface area contributed by atoms with Crippen molar-refractivity contribution >= 4 is 46.6 Å². The molecule has 1 aromatic heterocycles. The van der Waals surface area contributed by atoms with E-state index in [2.05, 4.69) is 15.5 Å². The SMILES string of the molecule is COc1ccc(Cl)cc1NC(=O)CSc1nnc(COc2ccc(Cl)cc2)n1-c1ccccc1. The highest BCUT2D eigenvalue weighted by atomic mass is 35.5. The van der Waals surface area contributed by atoms with Crippen LogP contribution in [0.15, 0.2) is 78.0 Å². The van der Waals surface area contributed by atoms with Crippen molar-refractivity contribution in [2.24, 2.45) is 0 Å². The highest BCUT2D eigenvalue weighted by Gasteiger charge is 2.17. The minimum absolute atomic E-state index is 0.110. The van der Waals surface area contributed by atoms with E-state index >= 15 is 0 Å². The molecule has 4 rings (SSSR count). The molecular weight excluding hydrogens is 495 g/mol. The van der Waals surface area contributed by atoms with Gasteiger partial charge in [0.05, 0.1) is 18.6 Å². The summed E-state index contributed by atoms with van der Waals surface area (Å²) in [6.45, 7) is 0.190. The number of hydrogen-bond donors (Lipinski definition) is 1. The lowest BCUT2D eigenvalue weighted by molar-refractivity contribution is -0.113. The monoisotopic (exact) mass is 514 g/mol. The molecule has 4 aromatic rings. The predicted molar refractivity (Wildman–Crippen MR) is 135 cm³/mol. The molecule has 0 atom stereocenters. The van der Waals surface area contributed by atoms with Crippen LogP contribution in [0.5, 0.6) is 11.5 Å². The maximum atomic E-state index is 12.6. The molecule has 0 aliphatic heterocycles. The van der Waals surface area contributed by atoms with E-state index in [-0.39, 0.29) is 18.3 Å². The summed E-state index contributed by atoms with van der Waals surface area (Å²) in [6.07, 6.45) is 0. The first-order valence-electron chi connectivity index (χ1n) is 10.2. The zero-order valence-corrected chi connectivity index (χ0v) is 20.4. The van der Waals surface area contributed by atoms with E-state index in [0.717, 1.165) is 5.69 Å². The molecule has 0 aliphatic rings. The standard InChI is InChI=1S/C24H20Cl2N4O3S/c1-32-21-12-9-17(26)13-20(21)27-23(31)15-34-24-29-28-22(30(24)18-5-3-2-4-6-18)14-33-19-10-7-16(25)8-11-19/h2-13H,14-15H2,1H3,(H,27,31). The summed E-state index contributed by atoms with van der Waals surface area (Å²) in [5.74, 6) is 1.67. The van der Waals surface area contributed by atoms with Gasteiger partial charge in [-0.25, -0.2) is 0 Å². The van der Waals surface area contributed by atoms with Crippen molar-refractivity contribution < 1.29 is 14.3 Å². The van der Waals surface area contributed by atoms with Crippen LogP contribution in [0.25, 0.3) is 5.69 Å². The molecule has 0 bridgehead atoms. The lowest BCUT2D eigenvalue weighted by atomic mass is 10.3. The molecule has 0 spiro atoms. The second-order valence-corrected chi connectivity index (χ2v) is 8.81. The van der Waals surface area contributed by atoms with Gasteiger partial charge in [-0.05, 0) is 54.6 Å². The lowest BCUT2D eigenvalue weighted by Crippen LogP contribution is -2.15. The van der Waals surface area contributed by atoms with Crippen LogP contribution in [0.3, 0.4) is 0 Å². The van der Waals surface area contributed by atoms with E-state index in [9.17, 15) is 4.79 Å². The van der Waals surface area contributed by atoms with Crippen LogP contribution >= 0.6 is 35.0 Å². The highest BCUT2D eigenvalue weighted by Crippen LogP contribution is 2.29. The second-order valence-electron chi connectivity index (χ2n) is 6.99. The summed E-state index contributed by atoms with van der Waals surface area (Å²) in [6, 6.07) is 21.8. The molecule has 34 heavy (non-hydrogen) atoms.